The molecule has 2 aromatic carbocycles. The monoisotopic (exact) mass is 352 g/mol. The van der Waals surface area contributed by atoms with Gasteiger partial charge in [0.15, 0.2) is 0 Å². The zero-order valence-corrected chi connectivity index (χ0v) is 14.6. The van der Waals surface area contributed by atoms with Crippen LogP contribution >= 0.6 is 11.6 Å². The Morgan fingerprint density at radius 2 is 1.92 bits per heavy atom. The number of aromatic nitrogens is 1. The van der Waals surface area contributed by atoms with E-state index in [-0.39, 0.29) is 16.9 Å². The molecule has 0 unspecified atom stereocenters. The molecule has 0 atom stereocenters. The average Bonchev–Trinajstić information content (AvgIpc) is 2.63. The van der Waals surface area contributed by atoms with E-state index in [2.05, 4.69) is 0 Å². The van der Waals surface area contributed by atoms with Gasteiger partial charge in [-0.1, -0.05) is 35.9 Å². The number of halogens is 1. The quantitative estimate of drug-likeness (QED) is 0.668. The van der Waals surface area contributed by atoms with Gasteiger partial charge in [-0.25, -0.2) is 0 Å². The third-order valence-electron chi connectivity index (χ3n) is 4.74. The second-order valence-corrected chi connectivity index (χ2v) is 6.72. The molecule has 5 heteroatoms. The van der Waals surface area contributed by atoms with Gasteiger partial charge in [-0.15, -0.1) is 0 Å². The number of aryl methyl sites for hydroxylation is 2. The highest BCUT2D eigenvalue weighted by Gasteiger charge is 2.26. The van der Waals surface area contributed by atoms with Crippen molar-refractivity contribution in [2.75, 3.05) is 11.4 Å². The first-order chi connectivity index (χ1) is 12.1. The SMILES string of the molecule is Cn1cc(C(=O)N2CCCc3ccccc32)c(=O)c2cccc(Cl)c21. The molecule has 4 nitrogen and oxygen atoms in total. The fraction of sp³-hybridized carbons (Fsp3) is 0.200. The van der Waals surface area contributed by atoms with Gasteiger partial charge in [0.1, 0.15) is 5.56 Å². The van der Waals surface area contributed by atoms with Crippen molar-refractivity contribution in [2.45, 2.75) is 12.8 Å². The van der Waals surface area contributed by atoms with E-state index in [1.54, 1.807) is 40.9 Å². The summed E-state index contributed by atoms with van der Waals surface area (Å²) in [5.41, 5.74) is 2.58. The zero-order valence-electron chi connectivity index (χ0n) is 13.8. The molecule has 126 valence electrons. The molecule has 1 aliphatic rings. The number of pyridine rings is 1. The van der Waals surface area contributed by atoms with E-state index < -0.39 is 0 Å². The van der Waals surface area contributed by atoms with E-state index in [4.69, 9.17) is 11.6 Å². The van der Waals surface area contributed by atoms with Gasteiger partial charge in [-0.3, -0.25) is 9.59 Å². The van der Waals surface area contributed by atoms with Crippen LogP contribution in [0.25, 0.3) is 10.9 Å². The van der Waals surface area contributed by atoms with Crippen molar-refractivity contribution < 1.29 is 4.79 Å². The molecule has 1 aromatic heterocycles. The van der Waals surface area contributed by atoms with Crippen LogP contribution in [0, 0.1) is 0 Å². The molecule has 1 aliphatic heterocycles. The van der Waals surface area contributed by atoms with Crippen molar-refractivity contribution in [2.24, 2.45) is 7.05 Å². The number of nitrogens with zero attached hydrogens (tertiary/aromatic N) is 2. The maximum atomic E-state index is 13.1. The summed E-state index contributed by atoms with van der Waals surface area (Å²) in [6.45, 7) is 0.618. The van der Waals surface area contributed by atoms with Gasteiger partial charge in [0.2, 0.25) is 5.43 Å². The summed E-state index contributed by atoms with van der Waals surface area (Å²) >= 11 is 6.23. The van der Waals surface area contributed by atoms with Gasteiger partial charge in [-0.05, 0) is 36.6 Å². The first-order valence-electron chi connectivity index (χ1n) is 8.25. The number of carbonyl (C=O) groups excluding carboxylic acids is 1. The van der Waals surface area contributed by atoms with Crippen LogP contribution in [0.4, 0.5) is 5.69 Å². The number of hydrogen-bond donors (Lipinski definition) is 0. The Bertz CT molecular complexity index is 1060. The van der Waals surface area contributed by atoms with Crippen molar-refractivity contribution in [3.05, 3.63) is 75.0 Å². The number of fused-ring (bicyclic) bond motifs is 2. The topological polar surface area (TPSA) is 42.3 Å². The van der Waals surface area contributed by atoms with Gasteiger partial charge in [0.25, 0.3) is 5.91 Å². The molecule has 25 heavy (non-hydrogen) atoms. The lowest BCUT2D eigenvalue weighted by molar-refractivity contribution is 0.0983. The summed E-state index contributed by atoms with van der Waals surface area (Å²) in [7, 11) is 1.80. The molecule has 0 radical (unpaired) electrons. The second kappa shape index (κ2) is 6.05. The van der Waals surface area contributed by atoms with Gasteiger partial charge in [-0.2, -0.15) is 0 Å². The summed E-state index contributed by atoms with van der Waals surface area (Å²) in [5, 5.41) is 0.963. The van der Waals surface area contributed by atoms with Gasteiger partial charge in [0, 0.05) is 30.9 Å². The van der Waals surface area contributed by atoms with Crippen molar-refractivity contribution in [1.82, 2.24) is 4.57 Å². The fourth-order valence-corrected chi connectivity index (χ4v) is 3.87. The molecule has 4 rings (SSSR count). The minimum absolute atomic E-state index is 0.175. The van der Waals surface area contributed by atoms with Gasteiger partial charge in [0.05, 0.1) is 10.5 Å². The maximum Gasteiger partial charge on any atom is 0.263 e. The van der Waals surface area contributed by atoms with Crippen LogP contribution in [0.15, 0.2) is 53.5 Å². The maximum absolute atomic E-state index is 13.1. The number of para-hydroxylation sites is 2. The summed E-state index contributed by atoms with van der Waals surface area (Å²) in [4.78, 5) is 27.8. The molecule has 0 aliphatic carbocycles. The largest absolute Gasteiger partial charge is 0.348 e. The van der Waals surface area contributed by atoms with Gasteiger partial charge < -0.3 is 9.47 Å². The van der Waals surface area contributed by atoms with Crippen LogP contribution in [0.3, 0.4) is 0 Å². The van der Waals surface area contributed by atoms with Crippen LogP contribution in [0.2, 0.25) is 5.02 Å². The minimum atomic E-state index is -0.274. The molecular formula is C20H17ClN2O2. The Morgan fingerprint density at radius 1 is 1.12 bits per heavy atom. The van der Waals surface area contributed by atoms with Crippen LogP contribution in [-0.4, -0.2) is 17.0 Å². The van der Waals surface area contributed by atoms with E-state index in [1.807, 2.05) is 24.3 Å². The summed E-state index contributed by atoms with van der Waals surface area (Å²) in [5.74, 6) is -0.255. The van der Waals surface area contributed by atoms with Crippen LogP contribution in [0.5, 0.6) is 0 Å². The fourth-order valence-electron chi connectivity index (χ4n) is 3.56. The van der Waals surface area contributed by atoms with Gasteiger partial charge >= 0.3 is 0 Å². The highest BCUT2D eigenvalue weighted by molar-refractivity contribution is 6.35. The minimum Gasteiger partial charge on any atom is -0.348 e. The first kappa shape index (κ1) is 15.9. The lowest BCUT2D eigenvalue weighted by atomic mass is 10.0. The normalized spacial score (nSPS) is 13.8. The molecule has 0 bridgehead atoms. The van der Waals surface area contributed by atoms with E-state index in [9.17, 15) is 9.59 Å². The number of rotatable bonds is 1. The Kier molecular flexibility index (Phi) is 3.85. The second-order valence-electron chi connectivity index (χ2n) is 6.31. The standard InChI is InChI=1S/C20H17ClN2O2/c1-22-12-15(19(24)14-8-4-9-16(21)18(14)22)20(25)23-11-5-7-13-6-2-3-10-17(13)23/h2-4,6,8-10,12H,5,7,11H2,1H3. The number of carbonyl (C=O) groups is 1. The van der Waals surface area contributed by atoms with E-state index in [0.29, 0.717) is 22.5 Å². The lowest BCUT2D eigenvalue weighted by Gasteiger charge is -2.29. The molecule has 3 aromatic rings. The van der Waals surface area contributed by atoms with E-state index in [0.717, 1.165) is 24.1 Å². The summed E-state index contributed by atoms with van der Waals surface area (Å²) in [6, 6.07) is 13.1. The van der Waals surface area contributed by atoms with E-state index in [1.165, 1.54) is 0 Å². The van der Waals surface area contributed by atoms with Crippen LogP contribution in [-0.2, 0) is 13.5 Å². The molecule has 0 saturated heterocycles. The molecule has 0 fully saturated rings. The average molecular weight is 353 g/mol. The smallest absolute Gasteiger partial charge is 0.263 e. The highest BCUT2D eigenvalue weighted by Crippen LogP contribution is 2.28. The van der Waals surface area contributed by atoms with Crippen molar-refractivity contribution in [1.29, 1.82) is 0 Å². The zero-order chi connectivity index (χ0) is 17.6. The summed E-state index contributed by atoms with van der Waals surface area (Å²) in [6.07, 6.45) is 3.43. The number of amides is 1. The van der Waals surface area contributed by atoms with Crippen LogP contribution < -0.4 is 10.3 Å². The highest BCUT2D eigenvalue weighted by atomic mass is 35.5. The van der Waals surface area contributed by atoms with Crippen molar-refractivity contribution in [3.63, 3.8) is 0 Å². The predicted octanol–water partition coefficient (Wildman–Crippen LogP) is 3.78. The predicted molar refractivity (Wildman–Crippen MR) is 101 cm³/mol. The van der Waals surface area contributed by atoms with Crippen molar-refractivity contribution >= 4 is 34.1 Å². The van der Waals surface area contributed by atoms with E-state index >= 15 is 0 Å². The van der Waals surface area contributed by atoms with Crippen LogP contribution in [0.1, 0.15) is 22.3 Å². The molecule has 0 saturated carbocycles. The Hall–Kier alpha value is -2.59. The number of hydrogen-bond acceptors (Lipinski definition) is 2. The summed E-state index contributed by atoms with van der Waals surface area (Å²) < 4.78 is 1.75. The molecule has 2 heterocycles. The first-order valence-corrected chi connectivity index (χ1v) is 8.63. The third kappa shape index (κ3) is 2.53. The molecule has 0 N–H and O–H groups in total. The molecule has 1 amide bonds. The van der Waals surface area contributed by atoms with Crippen molar-refractivity contribution in [3.8, 4) is 0 Å². The number of benzene rings is 2. The third-order valence-corrected chi connectivity index (χ3v) is 5.04. The number of anilines is 1. The lowest BCUT2D eigenvalue weighted by Crippen LogP contribution is -2.38. The molecular weight excluding hydrogens is 336 g/mol. The Morgan fingerprint density at radius 3 is 2.76 bits per heavy atom. The molecule has 0 spiro atoms. The Labute approximate surface area is 150 Å². The Balaban J connectivity index is 1.88.